The maximum absolute atomic E-state index is 14.4. The number of methoxy groups -OCH3 is 6. The first-order valence-corrected chi connectivity index (χ1v) is 49.4. The Morgan fingerprint density at radius 1 is 0.532 bits per heavy atom. The number of likely N-dealkylation sites (tertiary alicyclic amines) is 1. The summed E-state index contributed by atoms with van der Waals surface area (Å²) < 4.78 is 74.0. The first kappa shape index (κ1) is 135. The van der Waals surface area contributed by atoms with Crippen molar-refractivity contribution in [2.24, 2.45) is 29.4 Å². The molecule has 3 rings (SSSR count). The molecule has 1 aromatic carbocycles. The molecule has 1 aliphatic rings. The van der Waals surface area contributed by atoms with Crippen molar-refractivity contribution in [2.75, 3.05) is 135 Å². The average molecular weight is 2030 g/mol. The molecule has 0 spiro atoms. The van der Waals surface area contributed by atoms with Crippen LogP contribution in [0.3, 0.4) is 0 Å². The molecule has 1 aliphatic heterocycles. The number of carbonyl (C=O) groups excluding carboxylic acids is 11. The monoisotopic (exact) mass is 2030 g/mol. The summed E-state index contributed by atoms with van der Waals surface area (Å²) in [6, 6.07) is 10.3. The quantitative estimate of drug-likeness (QED) is 0.0107. The Kier molecular flexibility index (Phi) is 79.3. The number of carboxylic acid groups (broad SMARTS) is 1. The molecule has 0 bridgehead atoms. The summed E-state index contributed by atoms with van der Waals surface area (Å²) in [7, 11) is 13.6. The molecule has 1 aromatic heterocycles. The van der Waals surface area contributed by atoms with Crippen LogP contribution in [0.2, 0.25) is 0 Å². The van der Waals surface area contributed by atoms with E-state index in [-0.39, 0.29) is 205 Å². The highest BCUT2D eigenvalue weighted by atomic mass is 33.1. The van der Waals surface area contributed by atoms with Gasteiger partial charge in [-0.05, 0) is 117 Å². The number of rotatable bonds is 70. The average Bonchev–Trinajstić information content (AvgIpc) is 1.79. The van der Waals surface area contributed by atoms with Crippen molar-refractivity contribution < 1.29 is 154 Å². The van der Waals surface area contributed by atoms with Crippen LogP contribution >= 0.6 is 21.6 Å². The lowest BCUT2D eigenvalue weighted by atomic mass is 9.89. The van der Waals surface area contributed by atoms with Gasteiger partial charge >= 0.3 is 29.8 Å². The number of pyridine rings is 1. The molecule has 18 atom stereocenters. The molecule has 804 valence electrons. The molecule has 0 saturated carbocycles. The zero-order valence-electron chi connectivity index (χ0n) is 83.9. The number of hydrogen-bond acceptors (Lipinski definition) is 35. The SMILES string of the molecule is C.C.CCC(CO)OC(CO)OC.CCC(CO)OC(COC(=O)CCCC(=O)NC(C)C(=O)OCCCNC(=O)[C@H](Cc1ccccc1)NC(=O)[C@H](C)[C@@H](OC)[C@@H]1CCCN1C(=O)C[C@@H](OC)[C@H]([C@@H](C)CC)N(C)C(=O)[C@H](NC(=O)[C@@H](N)C(C)C)C(C)C)OC.CCC(CO)OC(COC(=O)CCCC(=O)NCCSSc1ccccn1)OC.CCC(CO)OC(COC(=O)CCCC(=O)O)OC. The van der Waals surface area contributed by atoms with E-state index in [2.05, 4.69) is 31.6 Å². The van der Waals surface area contributed by atoms with E-state index >= 15 is 0 Å². The second-order valence-corrected chi connectivity index (χ2v) is 35.5. The fraction of sp³-hybridized carbons (Fsp3) is 0.760. The first-order chi connectivity index (χ1) is 65.4. The van der Waals surface area contributed by atoms with E-state index in [0.717, 1.165) is 16.3 Å². The largest absolute Gasteiger partial charge is 0.481 e. The predicted octanol–water partition coefficient (Wildman–Crippen LogP) is 6.75. The molecule has 2 heterocycles. The van der Waals surface area contributed by atoms with E-state index in [1.54, 1.807) is 51.6 Å². The van der Waals surface area contributed by atoms with Crippen LogP contribution in [0, 0.1) is 23.7 Å². The number of ether oxygens (including phenoxy) is 14. The number of carbonyl (C=O) groups is 12. The summed E-state index contributed by atoms with van der Waals surface area (Å²) in [6.45, 7) is 22.0. The molecule has 43 heteroatoms. The van der Waals surface area contributed by atoms with E-state index in [4.69, 9.17) is 97.6 Å². The van der Waals surface area contributed by atoms with Crippen LogP contribution in [-0.2, 0) is 130 Å². The number of aromatic nitrogens is 1. The van der Waals surface area contributed by atoms with Crippen LogP contribution in [0.5, 0.6) is 0 Å². The Balaban J connectivity index is -0.00000243. The van der Waals surface area contributed by atoms with Crippen molar-refractivity contribution in [1.29, 1.82) is 0 Å². The standard InChI is InChI=1S/C56H95N7O15.C19H30N2O6S2.C12H22O7.C7H16O4.2CH4/c1-14-36(7)50(62(10)55(71)49(35(5)6)61-54(70)48(57)34(3)4)43(73-11)31-45(66)63-28-20-24-42(63)51(75-13)37(8)52(68)60-41(30-39-22-17-16-18-23-39)53(69)58-27-21-29-76-56(72)38(9)59-44(65)25-19-26-46(67)77-33-47(74-12)78-40(15-2)32-64;1-3-15(13-22)27-19(25-2)14-26-18(24)9-6-7-16(23)20-11-12-28-29-17-8-4-5-10-21-17;1-3-9(7-13)19-12(17-2)8-18-11(16)6-4-5-10(14)15;1-3-6(4-8)11-7(5-9)10-2;;/h16-18,22-23,34-38,40-43,47-51,64H,14-15,19-21,24-33,57H2,1-13H3,(H,58,69)(H,59,65)(H,60,68)(H,61,70);4-5,8,10,15,19,22H,3,6-7,9,11-14H2,1-2H3,(H,20,23);9,12-13H,3-8H2,1-2H3,(H,14,15);6-9H,3-5H2,1-2H3;2*1H4/t36-,37+,38?,40?,41-,42-,43+,47?,48-,49+,50-,51+;;;;;/m0...../s1. The van der Waals surface area contributed by atoms with Crippen molar-refractivity contribution in [3.05, 3.63) is 60.3 Å². The zero-order chi connectivity index (χ0) is 103. The number of aliphatic hydroxyl groups excluding tert-OH is 5. The third kappa shape index (κ3) is 58.4. The summed E-state index contributed by atoms with van der Waals surface area (Å²) in [5.41, 5.74) is 6.94. The molecule has 9 unspecified atom stereocenters. The van der Waals surface area contributed by atoms with Gasteiger partial charge in [0, 0.05) is 126 Å². The van der Waals surface area contributed by atoms with Gasteiger partial charge in [-0.3, -0.25) is 52.7 Å². The van der Waals surface area contributed by atoms with Gasteiger partial charge in [-0.15, -0.1) is 0 Å². The molecule has 41 nitrogen and oxygen atoms in total. The Morgan fingerprint density at radius 2 is 1.02 bits per heavy atom. The van der Waals surface area contributed by atoms with Crippen LogP contribution in [0.4, 0.5) is 0 Å². The Bertz CT molecular complexity index is 3610. The number of hydrogen-bond donors (Lipinski definition) is 12. The highest BCUT2D eigenvalue weighted by molar-refractivity contribution is 8.76. The minimum absolute atomic E-state index is 0. The number of amides is 7. The Labute approximate surface area is 831 Å². The van der Waals surface area contributed by atoms with E-state index in [1.165, 1.54) is 49.6 Å². The van der Waals surface area contributed by atoms with E-state index in [1.807, 2.05) is 118 Å². The number of aliphatic carboxylic acids is 1. The smallest absolute Gasteiger partial charge is 0.328 e. The molecule has 7 amide bonds. The maximum atomic E-state index is 14.4. The molecule has 2 aromatic rings. The highest BCUT2D eigenvalue weighted by Gasteiger charge is 2.44. The summed E-state index contributed by atoms with van der Waals surface area (Å²) in [5.74, 6) is -6.09. The van der Waals surface area contributed by atoms with Gasteiger partial charge in [0.2, 0.25) is 41.4 Å². The lowest BCUT2D eigenvalue weighted by Gasteiger charge is -2.41. The van der Waals surface area contributed by atoms with E-state index in [9.17, 15) is 62.6 Å². The van der Waals surface area contributed by atoms with Gasteiger partial charge in [-0.25, -0.2) is 9.78 Å². The molecule has 139 heavy (non-hydrogen) atoms. The topological polar surface area (TPSA) is 561 Å². The van der Waals surface area contributed by atoms with Crippen molar-refractivity contribution in [2.45, 2.75) is 323 Å². The fourth-order valence-electron chi connectivity index (χ4n) is 13.3. The van der Waals surface area contributed by atoms with E-state index in [0.29, 0.717) is 64.5 Å². The van der Waals surface area contributed by atoms with Gasteiger partial charge < -0.3 is 139 Å². The fourth-order valence-corrected chi connectivity index (χ4v) is 15.1. The number of benzene rings is 1. The molecule has 13 N–H and O–H groups in total. The molecule has 0 aliphatic carbocycles. The number of nitrogens with zero attached hydrogens (tertiary/aromatic N) is 3. The molecular weight excluding hydrogens is 1860 g/mol. The number of esters is 4. The summed E-state index contributed by atoms with van der Waals surface area (Å²) in [4.78, 5) is 160. The second-order valence-electron chi connectivity index (χ2n) is 33.1. The van der Waals surface area contributed by atoms with Crippen molar-refractivity contribution in [1.82, 2.24) is 41.4 Å². The lowest BCUT2D eigenvalue weighted by Crippen LogP contribution is -2.59. The first-order valence-electron chi connectivity index (χ1n) is 47.1. The summed E-state index contributed by atoms with van der Waals surface area (Å²) in [5, 5.41) is 68.1. The lowest BCUT2D eigenvalue weighted by molar-refractivity contribution is -0.194. The van der Waals surface area contributed by atoms with Gasteiger partial charge in [0.1, 0.15) is 43.0 Å². The highest BCUT2D eigenvalue weighted by Crippen LogP contribution is 2.31. The van der Waals surface area contributed by atoms with Crippen LogP contribution < -0.4 is 32.3 Å². The van der Waals surface area contributed by atoms with Crippen molar-refractivity contribution in [3.8, 4) is 0 Å². The number of nitrogens with two attached hydrogens (primary N) is 1. The van der Waals surface area contributed by atoms with Gasteiger partial charge in [-0.1, -0.05) is 145 Å². The second kappa shape index (κ2) is 81.5. The minimum atomic E-state index is -1.00. The Hall–Kier alpha value is -7.93. The third-order valence-corrected chi connectivity index (χ3v) is 24.3. The zero-order valence-corrected chi connectivity index (χ0v) is 85.5. The third-order valence-electron chi connectivity index (χ3n) is 22.0. The van der Waals surface area contributed by atoms with Gasteiger partial charge in [0.05, 0.1) is 107 Å². The van der Waals surface area contributed by atoms with Crippen molar-refractivity contribution in [3.63, 3.8) is 0 Å². The van der Waals surface area contributed by atoms with Crippen LogP contribution in [-0.4, -0.2) is 349 Å². The van der Waals surface area contributed by atoms with Gasteiger partial charge in [-0.2, -0.15) is 0 Å². The summed E-state index contributed by atoms with van der Waals surface area (Å²) >= 11 is 0. The van der Waals surface area contributed by atoms with Gasteiger partial charge in [0.25, 0.3) is 0 Å². The normalized spacial score (nSPS) is 15.8. The maximum Gasteiger partial charge on any atom is 0.328 e. The Morgan fingerprint density at radius 3 is 1.45 bits per heavy atom. The molecule has 1 saturated heterocycles. The van der Waals surface area contributed by atoms with E-state index < -0.39 is 139 Å². The summed E-state index contributed by atoms with van der Waals surface area (Å²) in [6.07, 6.45) is 1.72. The number of aliphatic hydroxyl groups is 5. The van der Waals surface area contributed by atoms with Crippen molar-refractivity contribution >= 4 is 92.8 Å². The number of nitrogens with one attached hydrogen (secondary N) is 5. The molecule has 0 radical (unpaired) electrons. The molecule has 1 fully saturated rings. The van der Waals surface area contributed by atoms with Crippen LogP contribution in [0.1, 0.15) is 219 Å². The number of likely N-dealkylation sites (N-methyl/N-ethyl adjacent to an activating group) is 1. The number of carboxylic acids is 1. The predicted molar refractivity (Wildman–Crippen MR) is 524 cm³/mol. The minimum Gasteiger partial charge on any atom is -0.481 e. The molecular formula is C96H171N9O32S2. The van der Waals surface area contributed by atoms with Crippen LogP contribution in [0.15, 0.2) is 59.8 Å². The van der Waals surface area contributed by atoms with Crippen LogP contribution in [0.25, 0.3) is 0 Å². The van der Waals surface area contributed by atoms with Gasteiger partial charge in [0.15, 0.2) is 25.2 Å².